The van der Waals surface area contributed by atoms with Gasteiger partial charge in [-0.15, -0.1) is 5.92 Å². The van der Waals surface area contributed by atoms with Crippen molar-refractivity contribution in [1.82, 2.24) is 10.2 Å². The maximum absolute atomic E-state index is 3.43. The molecule has 0 spiro atoms. The predicted octanol–water partition coefficient (Wildman–Crippen LogP) is 1.33. The molecule has 0 aromatic rings. The van der Waals surface area contributed by atoms with Gasteiger partial charge in [0.05, 0.1) is 6.54 Å². The number of nitrogens with one attached hydrogen (secondary N) is 1. The molecule has 0 aromatic carbocycles. The number of nitrogens with zero attached hydrogens (tertiary/aromatic N) is 1. The highest BCUT2D eigenvalue weighted by molar-refractivity contribution is 4.98. The third-order valence-electron chi connectivity index (χ3n) is 2.77. The highest BCUT2D eigenvalue weighted by Crippen LogP contribution is 2.14. The molecule has 0 amide bonds. The van der Waals surface area contributed by atoms with E-state index in [1.165, 1.54) is 32.5 Å². The van der Waals surface area contributed by atoms with Crippen molar-refractivity contribution >= 4 is 0 Å². The lowest BCUT2D eigenvalue weighted by atomic mass is 9.98. The zero-order chi connectivity index (χ0) is 10.2. The molecule has 0 radical (unpaired) electrons. The molecule has 2 nitrogen and oxygen atoms in total. The van der Waals surface area contributed by atoms with Crippen molar-refractivity contribution < 1.29 is 0 Å². The summed E-state index contributed by atoms with van der Waals surface area (Å²) in [4.78, 5) is 2.47. The van der Waals surface area contributed by atoms with E-state index in [0.29, 0.717) is 0 Å². The van der Waals surface area contributed by atoms with E-state index in [1.807, 2.05) is 6.92 Å². The Balaban J connectivity index is 2.23. The van der Waals surface area contributed by atoms with Gasteiger partial charge in [-0.25, -0.2) is 0 Å². The minimum absolute atomic E-state index is 0.836. The minimum Gasteiger partial charge on any atom is -0.317 e. The Hall–Kier alpha value is -0.520. The molecule has 0 bridgehead atoms. The SMILES string of the molecule is CC#CCN1CCCC(CNCC)C1. The van der Waals surface area contributed by atoms with Gasteiger partial charge >= 0.3 is 0 Å². The number of likely N-dealkylation sites (tertiary alicyclic amines) is 1. The van der Waals surface area contributed by atoms with Crippen molar-refractivity contribution in [3.05, 3.63) is 0 Å². The van der Waals surface area contributed by atoms with Crippen molar-refractivity contribution in [3.63, 3.8) is 0 Å². The summed E-state index contributed by atoms with van der Waals surface area (Å²) in [5.74, 6) is 6.95. The van der Waals surface area contributed by atoms with Crippen molar-refractivity contribution in [2.75, 3.05) is 32.7 Å². The van der Waals surface area contributed by atoms with E-state index in [9.17, 15) is 0 Å². The molecule has 1 atom stereocenters. The quantitative estimate of drug-likeness (QED) is 0.679. The maximum atomic E-state index is 3.43. The monoisotopic (exact) mass is 194 g/mol. The number of rotatable bonds is 4. The second kappa shape index (κ2) is 6.86. The topological polar surface area (TPSA) is 15.3 Å². The molecule has 14 heavy (non-hydrogen) atoms. The summed E-state index contributed by atoms with van der Waals surface area (Å²) in [6, 6.07) is 0. The molecule has 1 aliphatic rings. The minimum atomic E-state index is 0.836. The number of piperidine rings is 1. The lowest BCUT2D eigenvalue weighted by Crippen LogP contribution is -2.39. The second-order valence-electron chi connectivity index (χ2n) is 3.98. The molecule has 1 N–H and O–H groups in total. The molecule has 0 aromatic heterocycles. The lowest BCUT2D eigenvalue weighted by molar-refractivity contribution is 0.191. The van der Waals surface area contributed by atoms with Gasteiger partial charge in [-0.05, 0) is 45.3 Å². The fraction of sp³-hybridized carbons (Fsp3) is 0.833. The first kappa shape index (κ1) is 11.6. The maximum Gasteiger partial charge on any atom is 0.0601 e. The largest absolute Gasteiger partial charge is 0.317 e. The van der Waals surface area contributed by atoms with E-state index < -0.39 is 0 Å². The van der Waals surface area contributed by atoms with Gasteiger partial charge in [0.2, 0.25) is 0 Å². The summed E-state index contributed by atoms with van der Waals surface area (Å²) in [7, 11) is 0. The van der Waals surface area contributed by atoms with E-state index in [2.05, 4.69) is 29.0 Å². The molecule has 1 fully saturated rings. The van der Waals surface area contributed by atoms with E-state index in [4.69, 9.17) is 0 Å². The van der Waals surface area contributed by atoms with Crippen LogP contribution in [0.5, 0.6) is 0 Å². The molecule has 1 heterocycles. The molecule has 1 rings (SSSR count). The van der Waals surface area contributed by atoms with Gasteiger partial charge < -0.3 is 5.32 Å². The summed E-state index contributed by atoms with van der Waals surface area (Å²) >= 11 is 0. The highest BCUT2D eigenvalue weighted by Gasteiger charge is 2.18. The molecular weight excluding hydrogens is 172 g/mol. The first-order valence-electron chi connectivity index (χ1n) is 5.69. The van der Waals surface area contributed by atoms with Gasteiger partial charge in [-0.1, -0.05) is 12.8 Å². The standard InChI is InChI=1S/C12H22N2/c1-3-5-8-14-9-6-7-12(11-14)10-13-4-2/h12-13H,4,6-11H2,1-2H3. The van der Waals surface area contributed by atoms with Crippen LogP contribution in [0.3, 0.4) is 0 Å². The second-order valence-corrected chi connectivity index (χ2v) is 3.98. The van der Waals surface area contributed by atoms with Gasteiger partial charge in [0.1, 0.15) is 0 Å². The molecule has 80 valence electrons. The van der Waals surface area contributed by atoms with Gasteiger partial charge in [0.25, 0.3) is 0 Å². The van der Waals surface area contributed by atoms with Crippen LogP contribution in [0.4, 0.5) is 0 Å². The Kier molecular flexibility index (Phi) is 5.66. The van der Waals surface area contributed by atoms with Gasteiger partial charge in [0, 0.05) is 6.54 Å². The van der Waals surface area contributed by atoms with Crippen molar-refractivity contribution in [3.8, 4) is 11.8 Å². The fourth-order valence-corrected chi connectivity index (χ4v) is 2.00. The first-order valence-corrected chi connectivity index (χ1v) is 5.69. The summed E-state index contributed by atoms with van der Waals surface area (Å²) in [5.41, 5.74) is 0. The Bertz CT molecular complexity index is 202. The van der Waals surface area contributed by atoms with Crippen LogP contribution in [0.1, 0.15) is 26.7 Å². The van der Waals surface area contributed by atoms with Crippen LogP contribution in [-0.4, -0.2) is 37.6 Å². The molecule has 0 saturated carbocycles. The Morgan fingerprint density at radius 3 is 3.07 bits per heavy atom. The van der Waals surface area contributed by atoms with Crippen LogP contribution in [0.25, 0.3) is 0 Å². The Morgan fingerprint density at radius 1 is 1.50 bits per heavy atom. The van der Waals surface area contributed by atoms with E-state index in [0.717, 1.165) is 19.0 Å². The highest BCUT2D eigenvalue weighted by atomic mass is 15.1. The number of hydrogen-bond acceptors (Lipinski definition) is 2. The Morgan fingerprint density at radius 2 is 2.36 bits per heavy atom. The van der Waals surface area contributed by atoms with Crippen LogP contribution in [-0.2, 0) is 0 Å². The van der Waals surface area contributed by atoms with Crippen molar-refractivity contribution in [1.29, 1.82) is 0 Å². The average molecular weight is 194 g/mol. The van der Waals surface area contributed by atoms with Crippen molar-refractivity contribution in [2.24, 2.45) is 5.92 Å². The third-order valence-corrected chi connectivity index (χ3v) is 2.77. The smallest absolute Gasteiger partial charge is 0.0601 e. The molecular formula is C12H22N2. The Labute approximate surface area is 88.1 Å². The van der Waals surface area contributed by atoms with Gasteiger partial charge in [0.15, 0.2) is 0 Å². The molecule has 1 unspecified atom stereocenters. The fourth-order valence-electron chi connectivity index (χ4n) is 2.00. The molecule has 2 heteroatoms. The first-order chi connectivity index (χ1) is 6.86. The van der Waals surface area contributed by atoms with E-state index in [1.54, 1.807) is 0 Å². The summed E-state index contributed by atoms with van der Waals surface area (Å²) in [6.07, 6.45) is 2.71. The van der Waals surface area contributed by atoms with Gasteiger partial charge in [-0.2, -0.15) is 0 Å². The van der Waals surface area contributed by atoms with Crippen LogP contribution < -0.4 is 5.32 Å². The summed E-state index contributed by atoms with van der Waals surface area (Å²) in [6.45, 7) is 9.76. The zero-order valence-corrected chi connectivity index (χ0v) is 9.47. The van der Waals surface area contributed by atoms with Gasteiger partial charge in [-0.3, -0.25) is 4.90 Å². The van der Waals surface area contributed by atoms with Crippen LogP contribution >= 0.6 is 0 Å². The molecule has 1 saturated heterocycles. The molecule has 1 aliphatic heterocycles. The summed E-state index contributed by atoms with van der Waals surface area (Å²) < 4.78 is 0. The van der Waals surface area contributed by atoms with E-state index >= 15 is 0 Å². The van der Waals surface area contributed by atoms with Crippen LogP contribution in [0.2, 0.25) is 0 Å². The average Bonchev–Trinajstić information content (AvgIpc) is 2.24. The summed E-state index contributed by atoms with van der Waals surface area (Å²) in [5, 5.41) is 3.43. The lowest BCUT2D eigenvalue weighted by Gasteiger charge is -2.31. The molecule has 0 aliphatic carbocycles. The zero-order valence-electron chi connectivity index (χ0n) is 9.47. The van der Waals surface area contributed by atoms with E-state index in [-0.39, 0.29) is 0 Å². The number of hydrogen-bond donors (Lipinski definition) is 1. The van der Waals surface area contributed by atoms with Crippen LogP contribution in [0, 0.1) is 17.8 Å². The third kappa shape index (κ3) is 4.13. The van der Waals surface area contributed by atoms with Crippen molar-refractivity contribution in [2.45, 2.75) is 26.7 Å². The van der Waals surface area contributed by atoms with Crippen LogP contribution in [0.15, 0.2) is 0 Å². The normalized spacial score (nSPS) is 22.9. The predicted molar refractivity (Wildman–Crippen MR) is 61.2 cm³/mol.